The van der Waals surface area contributed by atoms with Crippen molar-refractivity contribution in [3.05, 3.63) is 23.8 Å². The van der Waals surface area contributed by atoms with E-state index in [1.807, 2.05) is 6.92 Å². The number of nitrogens with one attached hydrogen (secondary N) is 1. The van der Waals surface area contributed by atoms with Gasteiger partial charge < -0.3 is 25.0 Å². The predicted octanol–water partition coefficient (Wildman–Crippen LogP) is 1.19. The van der Waals surface area contributed by atoms with Gasteiger partial charge in [-0.05, 0) is 18.6 Å². The van der Waals surface area contributed by atoms with E-state index in [1.54, 1.807) is 25.3 Å². The summed E-state index contributed by atoms with van der Waals surface area (Å²) in [6, 6.07) is 4.76. The van der Waals surface area contributed by atoms with Gasteiger partial charge in [0.05, 0.1) is 26.9 Å². The second-order valence-corrected chi connectivity index (χ2v) is 4.34. The number of methoxy groups -OCH3 is 2. The van der Waals surface area contributed by atoms with Crippen molar-refractivity contribution < 1.29 is 24.5 Å². The Labute approximate surface area is 118 Å². The van der Waals surface area contributed by atoms with Crippen LogP contribution in [0.3, 0.4) is 0 Å². The third-order valence-electron chi connectivity index (χ3n) is 3.10. The normalized spacial score (nSPS) is 13.6. The van der Waals surface area contributed by atoms with E-state index in [-0.39, 0.29) is 12.6 Å². The third kappa shape index (κ3) is 4.11. The van der Waals surface area contributed by atoms with Crippen LogP contribution >= 0.6 is 0 Å². The van der Waals surface area contributed by atoms with Crippen LogP contribution in [0.15, 0.2) is 18.2 Å². The molecule has 0 aliphatic carbocycles. The van der Waals surface area contributed by atoms with Crippen molar-refractivity contribution in [3.8, 4) is 11.5 Å². The van der Waals surface area contributed by atoms with Crippen LogP contribution in [0.1, 0.15) is 25.0 Å². The van der Waals surface area contributed by atoms with E-state index in [0.717, 1.165) is 0 Å². The van der Waals surface area contributed by atoms with Crippen LogP contribution in [-0.2, 0) is 4.79 Å². The Morgan fingerprint density at radius 3 is 2.55 bits per heavy atom. The Morgan fingerprint density at radius 1 is 1.35 bits per heavy atom. The lowest BCUT2D eigenvalue weighted by Gasteiger charge is -2.24. The minimum Gasteiger partial charge on any atom is -0.497 e. The van der Waals surface area contributed by atoms with E-state index in [2.05, 4.69) is 5.32 Å². The number of aliphatic hydroxyl groups excluding tert-OH is 1. The lowest BCUT2D eigenvalue weighted by molar-refractivity contribution is -0.136. The van der Waals surface area contributed by atoms with Crippen LogP contribution in [0.4, 0.5) is 0 Å². The molecule has 0 saturated heterocycles. The first kappa shape index (κ1) is 16.3. The number of aliphatic carboxylic acids is 1. The number of benzene rings is 1. The highest BCUT2D eigenvalue weighted by Gasteiger charge is 2.23. The average Bonchev–Trinajstić information content (AvgIpc) is 2.46. The quantitative estimate of drug-likeness (QED) is 0.664. The molecular formula is C14H21NO5. The zero-order chi connectivity index (χ0) is 15.1. The molecule has 3 N–H and O–H groups in total. The summed E-state index contributed by atoms with van der Waals surface area (Å²) in [5.41, 5.74) is 0.595. The molecule has 0 radical (unpaired) electrons. The van der Waals surface area contributed by atoms with Crippen molar-refractivity contribution in [2.75, 3.05) is 20.8 Å². The number of ether oxygens (including phenoxy) is 2. The number of rotatable bonds is 8. The number of hydrogen-bond acceptors (Lipinski definition) is 5. The molecule has 1 aromatic carbocycles. The average molecular weight is 283 g/mol. The Bertz CT molecular complexity index is 449. The van der Waals surface area contributed by atoms with Gasteiger partial charge in [-0.3, -0.25) is 4.79 Å². The lowest BCUT2D eigenvalue weighted by atomic mass is 9.99. The van der Waals surface area contributed by atoms with E-state index < -0.39 is 12.1 Å². The van der Waals surface area contributed by atoms with Crippen LogP contribution < -0.4 is 14.8 Å². The van der Waals surface area contributed by atoms with Crippen LogP contribution in [0, 0.1) is 0 Å². The van der Waals surface area contributed by atoms with Crippen LogP contribution in [0.2, 0.25) is 0 Å². The van der Waals surface area contributed by atoms with Crippen LogP contribution in [0.25, 0.3) is 0 Å². The zero-order valence-electron chi connectivity index (χ0n) is 11.9. The zero-order valence-corrected chi connectivity index (χ0v) is 11.9. The standard InChI is InChI=1S/C14H21NO5/c1-4-11(15-8-13(16)17)14(18)10-6-5-9(19-2)7-12(10)20-3/h5-7,11,14-15,18H,4,8H2,1-3H3,(H,16,17). The molecule has 6 heteroatoms. The summed E-state index contributed by atoms with van der Waals surface area (Å²) in [6.45, 7) is 1.67. The predicted molar refractivity (Wildman–Crippen MR) is 74.2 cm³/mol. The van der Waals surface area contributed by atoms with E-state index in [0.29, 0.717) is 23.5 Å². The summed E-state index contributed by atoms with van der Waals surface area (Å²) < 4.78 is 10.3. The van der Waals surface area contributed by atoms with Crippen molar-refractivity contribution in [2.24, 2.45) is 0 Å². The SMILES string of the molecule is CCC(NCC(=O)O)C(O)c1ccc(OC)cc1OC. The van der Waals surface area contributed by atoms with Gasteiger partial charge in [0.15, 0.2) is 0 Å². The second kappa shape index (κ2) is 7.72. The number of carboxylic acid groups (broad SMARTS) is 1. The molecule has 20 heavy (non-hydrogen) atoms. The fourth-order valence-corrected chi connectivity index (χ4v) is 1.98. The monoisotopic (exact) mass is 283 g/mol. The molecular weight excluding hydrogens is 262 g/mol. The maximum Gasteiger partial charge on any atom is 0.317 e. The minimum absolute atomic E-state index is 0.200. The highest BCUT2D eigenvalue weighted by molar-refractivity contribution is 5.69. The van der Waals surface area contributed by atoms with Gasteiger partial charge in [-0.25, -0.2) is 0 Å². The summed E-state index contributed by atoms with van der Waals surface area (Å²) in [4.78, 5) is 10.6. The topological polar surface area (TPSA) is 88.0 Å². The molecule has 0 spiro atoms. The van der Waals surface area contributed by atoms with E-state index in [1.165, 1.54) is 7.11 Å². The first-order valence-corrected chi connectivity index (χ1v) is 6.38. The highest BCUT2D eigenvalue weighted by atomic mass is 16.5. The smallest absolute Gasteiger partial charge is 0.317 e. The van der Waals surface area contributed by atoms with Crippen LogP contribution in [-0.4, -0.2) is 43.0 Å². The minimum atomic E-state index is -0.961. The van der Waals surface area contributed by atoms with Gasteiger partial charge in [0.25, 0.3) is 0 Å². The fraction of sp³-hybridized carbons (Fsp3) is 0.500. The van der Waals surface area contributed by atoms with E-state index in [9.17, 15) is 9.90 Å². The number of carbonyl (C=O) groups is 1. The number of aliphatic hydroxyl groups is 1. The second-order valence-electron chi connectivity index (χ2n) is 4.34. The number of hydrogen-bond donors (Lipinski definition) is 3. The molecule has 0 heterocycles. The van der Waals surface area contributed by atoms with Gasteiger partial charge in [0.1, 0.15) is 11.5 Å². The van der Waals surface area contributed by atoms with E-state index in [4.69, 9.17) is 14.6 Å². The molecule has 0 fully saturated rings. The summed E-state index contributed by atoms with van der Waals surface area (Å²) in [6.07, 6.45) is -0.274. The molecule has 1 rings (SSSR count). The van der Waals surface area contributed by atoms with Crippen molar-refractivity contribution in [1.82, 2.24) is 5.32 Å². The largest absolute Gasteiger partial charge is 0.497 e. The maximum atomic E-state index is 10.6. The lowest BCUT2D eigenvalue weighted by Crippen LogP contribution is -2.37. The van der Waals surface area contributed by atoms with Crippen molar-refractivity contribution in [3.63, 3.8) is 0 Å². The first-order valence-electron chi connectivity index (χ1n) is 6.38. The third-order valence-corrected chi connectivity index (χ3v) is 3.10. The summed E-state index contributed by atoms with van der Waals surface area (Å²) in [7, 11) is 3.06. The Morgan fingerprint density at radius 2 is 2.05 bits per heavy atom. The van der Waals surface area contributed by atoms with Gasteiger partial charge in [-0.2, -0.15) is 0 Å². The number of carboxylic acids is 1. The maximum absolute atomic E-state index is 10.6. The van der Waals surface area contributed by atoms with Gasteiger partial charge in [0.2, 0.25) is 0 Å². The van der Waals surface area contributed by atoms with E-state index >= 15 is 0 Å². The molecule has 0 bridgehead atoms. The summed E-state index contributed by atoms with van der Waals surface area (Å²) >= 11 is 0. The Kier molecular flexibility index (Phi) is 6.27. The molecule has 0 aliphatic rings. The molecule has 1 aromatic rings. The first-order chi connectivity index (χ1) is 9.53. The molecule has 6 nitrogen and oxygen atoms in total. The van der Waals surface area contributed by atoms with Gasteiger partial charge in [-0.1, -0.05) is 6.92 Å². The molecule has 0 amide bonds. The molecule has 0 aromatic heterocycles. The summed E-state index contributed by atoms with van der Waals surface area (Å²) in [5, 5.41) is 21.9. The molecule has 112 valence electrons. The van der Waals surface area contributed by atoms with Crippen molar-refractivity contribution >= 4 is 5.97 Å². The van der Waals surface area contributed by atoms with Gasteiger partial charge >= 0.3 is 5.97 Å². The Hall–Kier alpha value is -1.79. The van der Waals surface area contributed by atoms with Gasteiger partial charge in [-0.15, -0.1) is 0 Å². The highest BCUT2D eigenvalue weighted by Crippen LogP contribution is 2.31. The molecule has 2 unspecified atom stereocenters. The Balaban J connectivity index is 2.93. The fourth-order valence-electron chi connectivity index (χ4n) is 1.98. The van der Waals surface area contributed by atoms with Crippen molar-refractivity contribution in [1.29, 1.82) is 0 Å². The summed E-state index contributed by atoms with van der Waals surface area (Å²) in [5.74, 6) is 0.175. The molecule has 0 aliphatic heterocycles. The van der Waals surface area contributed by atoms with Crippen LogP contribution in [0.5, 0.6) is 11.5 Å². The molecule has 2 atom stereocenters. The van der Waals surface area contributed by atoms with Gasteiger partial charge in [0, 0.05) is 17.7 Å². The van der Waals surface area contributed by atoms with Crippen molar-refractivity contribution in [2.45, 2.75) is 25.5 Å². The molecule has 0 saturated carbocycles.